The first kappa shape index (κ1) is 27.4. The van der Waals surface area contributed by atoms with Crippen molar-refractivity contribution < 1.29 is 38.6 Å². The quantitative estimate of drug-likeness (QED) is 0.379. The number of nitrogens with one attached hydrogen (secondary N) is 2. The molecule has 1 aromatic rings. The minimum atomic E-state index is -1.78. The zero-order valence-electron chi connectivity index (χ0n) is 21.4. The zero-order chi connectivity index (χ0) is 27.6. The summed E-state index contributed by atoms with van der Waals surface area (Å²) in [6.07, 6.45) is -0.346. The number of benzene rings is 1. The molecule has 12 heteroatoms. The van der Waals surface area contributed by atoms with Gasteiger partial charge in [-0.2, -0.15) is 0 Å². The molecule has 204 valence electrons. The van der Waals surface area contributed by atoms with Gasteiger partial charge in [-0.05, 0) is 38.3 Å². The Bertz CT molecular complexity index is 1130. The molecule has 0 aliphatic carbocycles. The fraction of sp³-hybridized carbons (Fsp3) is 0.538. The van der Waals surface area contributed by atoms with Gasteiger partial charge in [-0.1, -0.05) is 19.1 Å². The van der Waals surface area contributed by atoms with Gasteiger partial charge in [-0.15, -0.1) is 0 Å². The van der Waals surface area contributed by atoms with Crippen LogP contribution in [-0.4, -0.2) is 94.3 Å². The normalized spacial score (nSPS) is 24.2. The number of fused-ring (bicyclic) bond motifs is 1. The maximum atomic E-state index is 13.3. The molecule has 5 amide bonds. The molecule has 3 aliphatic heterocycles. The largest absolute Gasteiger partial charge is 0.480 e. The molecule has 0 saturated carbocycles. The Labute approximate surface area is 219 Å². The molecule has 3 N–H and O–H groups in total. The molecule has 0 radical (unpaired) electrons. The molecule has 2 fully saturated rings. The van der Waals surface area contributed by atoms with Crippen molar-refractivity contribution in [2.45, 2.75) is 57.2 Å². The van der Waals surface area contributed by atoms with Crippen molar-refractivity contribution in [3.05, 3.63) is 35.4 Å². The maximum absolute atomic E-state index is 13.3. The van der Waals surface area contributed by atoms with Gasteiger partial charge in [0.25, 0.3) is 17.7 Å². The van der Waals surface area contributed by atoms with Crippen LogP contribution in [0.15, 0.2) is 24.3 Å². The number of likely N-dealkylation sites (tertiary alicyclic amines) is 1. The Hall–Kier alpha value is -3.64. The van der Waals surface area contributed by atoms with E-state index in [0.29, 0.717) is 26.1 Å². The van der Waals surface area contributed by atoms with E-state index < -0.39 is 59.1 Å². The molecule has 4 rings (SSSR count). The first-order valence-electron chi connectivity index (χ1n) is 12.8. The van der Waals surface area contributed by atoms with Gasteiger partial charge in [0.2, 0.25) is 11.8 Å². The Kier molecular flexibility index (Phi) is 7.93. The molecular weight excluding hydrogens is 496 g/mol. The summed E-state index contributed by atoms with van der Waals surface area (Å²) in [4.78, 5) is 78.9. The van der Waals surface area contributed by atoms with Crippen molar-refractivity contribution in [3.63, 3.8) is 0 Å². The monoisotopic (exact) mass is 528 g/mol. The second-order valence-corrected chi connectivity index (χ2v) is 9.97. The molecule has 4 atom stereocenters. The number of carbonyl (C=O) groups is 6. The standard InChI is InChI=1S/C26H32N4O8/c1-3-15(19-14-27-11-13-38-19)21(32)28-26(2,25(36)37)10-12-29-20(31)9-8-18(24(29)35)30-22(33)16-6-4-5-7-17(16)23(30)34/h4-7,15,18-19,27H,3,8-14H2,1-2H3,(H,28,32)(H,36,37)/t15?,18?,19-,26?/m1/s1. The number of carbonyl (C=O) groups excluding carboxylic acids is 5. The number of carboxylic acid groups (broad SMARTS) is 1. The molecule has 38 heavy (non-hydrogen) atoms. The lowest BCUT2D eigenvalue weighted by molar-refractivity contribution is -0.154. The van der Waals surface area contributed by atoms with Crippen molar-refractivity contribution in [3.8, 4) is 0 Å². The summed E-state index contributed by atoms with van der Waals surface area (Å²) in [6, 6.07) is 5.07. The molecule has 0 spiro atoms. The van der Waals surface area contributed by atoms with E-state index in [4.69, 9.17) is 4.74 Å². The van der Waals surface area contributed by atoms with Gasteiger partial charge in [0.15, 0.2) is 0 Å². The molecule has 3 aliphatic rings. The molecule has 2 saturated heterocycles. The van der Waals surface area contributed by atoms with Gasteiger partial charge in [0, 0.05) is 26.1 Å². The Morgan fingerprint density at radius 3 is 2.39 bits per heavy atom. The number of hydrogen-bond acceptors (Lipinski definition) is 8. The highest BCUT2D eigenvalue weighted by atomic mass is 16.5. The molecule has 0 aromatic heterocycles. The summed E-state index contributed by atoms with van der Waals surface area (Å²) >= 11 is 0. The predicted molar refractivity (Wildman–Crippen MR) is 132 cm³/mol. The van der Waals surface area contributed by atoms with Crippen LogP contribution in [0.25, 0.3) is 0 Å². The molecule has 12 nitrogen and oxygen atoms in total. The summed E-state index contributed by atoms with van der Waals surface area (Å²) in [5.41, 5.74) is -1.40. The van der Waals surface area contributed by atoms with E-state index in [1.807, 2.05) is 6.92 Å². The highest BCUT2D eigenvalue weighted by molar-refractivity contribution is 6.23. The van der Waals surface area contributed by atoms with Crippen molar-refractivity contribution in [2.75, 3.05) is 26.2 Å². The van der Waals surface area contributed by atoms with Crippen molar-refractivity contribution in [2.24, 2.45) is 5.92 Å². The third-order valence-electron chi connectivity index (χ3n) is 7.51. The summed E-state index contributed by atoms with van der Waals surface area (Å²) in [5.74, 6) is -4.89. The minimum absolute atomic E-state index is 0.0137. The van der Waals surface area contributed by atoms with Crippen LogP contribution in [-0.2, 0) is 23.9 Å². The summed E-state index contributed by atoms with van der Waals surface area (Å²) in [6.45, 7) is 4.40. The third-order valence-corrected chi connectivity index (χ3v) is 7.51. The topological polar surface area (TPSA) is 162 Å². The van der Waals surface area contributed by atoms with Crippen LogP contribution in [0.4, 0.5) is 0 Å². The van der Waals surface area contributed by atoms with Gasteiger partial charge >= 0.3 is 5.97 Å². The SMILES string of the molecule is CCC(C(=O)NC(C)(CCN1C(=O)CCC(N2C(=O)c3ccccc3C2=O)C1=O)C(=O)O)[C@H]1CNCCO1. The van der Waals surface area contributed by atoms with E-state index >= 15 is 0 Å². The molecular formula is C26H32N4O8. The van der Waals surface area contributed by atoms with E-state index in [9.17, 15) is 33.9 Å². The van der Waals surface area contributed by atoms with Crippen molar-refractivity contribution >= 4 is 35.5 Å². The molecule has 0 bridgehead atoms. The van der Waals surface area contributed by atoms with Gasteiger partial charge in [-0.25, -0.2) is 4.79 Å². The molecule has 3 heterocycles. The number of imide groups is 2. The third kappa shape index (κ3) is 5.05. The van der Waals surface area contributed by atoms with Gasteiger partial charge < -0.3 is 20.5 Å². The number of carboxylic acids is 1. The lowest BCUT2D eigenvalue weighted by atomic mass is 9.92. The van der Waals surface area contributed by atoms with Crippen LogP contribution < -0.4 is 10.6 Å². The fourth-order valence-corrected chi connectivity index (χ4v) is 5.17. The number of piperidine rings is 1. The lowest BCUT2D eigenvalue weighted by Crippen LogP contribution is -2.60. The van der Waals surface area contributed by atoms with Gasteiger partial charge in [0.1, 0.15) is 11.6 Å². The van der Waals surface area contributed by atoms with Crippen LogP contribution in [0.1, 0.15) is 60.2 Å². The number of nitrogens with zero attached hydrogens (tertiary/aromatic N) is 2. The summed E-state index contributed by atoms with van der Waals surface area (Å²) in [5, 5.41) is 15.7. The van der Waals surface area contributed by atoms with Crippen LogP contribution >= 0.6 is 0 Å². The van der Waals surface area contributed by atoms with E-state index in [0.717, 1.165) is 9.80 Å². The number of rotatable bonds is 9. The van der Waals surface area contributed by atoms with E-state index in [1.165, 1.54) is 19.1 Å². The molecule has 1 aromatic carbocycles. The van der Waals surface area contributed by atoms with Crippen molar-refractivity contribution in [1.29, 1.82) is 0 Å². The van der Waals surface area contributed by atoms with Crippen LogP contribution in [0.3, 0.4) is 0 Å². The summed E-state index contributed by atoms with van der Waals surface area (Å²) < 4.78 is 5.68. The first-order chi connectivity index (χ1) is 18.1. The van der Waals surface area contributed by atoms with Gasteiger partial charge in [-0.3, -0.25) is 33.8 Å². The molecule has 3 unspecified atom stereocenters. The maximum Gasteiger partial charge on any atom is 0.329 e. The Morgan fingerprint density at radius 1 is 1.18 bits per heavy atom. The number of ether oxygens (including phenoxy) is 1. The highest BCUT2D eigenvalue weighted by Gasteiger charge is 2.48. The minimum Gasteiger partial charge on any atom is -0.480 e. The number of aliphatic carboxylic acids is 1. The van der Waals surface area contributed by atoms with Crippen molar-refractivity contribution in [1.82, 2.24) is 20.4 Å². The average Bonchev–Trinajstić information content (AvgIpc) is 3.15. The first-order valence-corrected chi connectivity index (χ1v) is 12.8. The number of hydrogen-bond donors (Lipinski definition) is 3. The fourth-order valence-electron chi connectivity index (χ4n) is 5.17. The predicted octanol–water partition coefficient (Wildman–Crippen LogP) is 0.164. The number of morpholine rings is 1. The van der Waals surface area contributed by atoms with Crippen LogP contribution in [0, 0.1) is 5.92 Å². The smallest absolute Gasteiger partial charge is 0.329 e. The van der Waals surface area contributed by atoms with Gasteiger partial charge in [0.05, 0.1) is 29.8 Å². The zero-order valence-corrected chi connectivity index (χ0v) is 21.4. The average molecular weight is 529 g/mol. The van der Waals surface area contributed by atoms with E-state index in [2.05, 4.69) is 10.6 Å². The second kappa shape index (κ2) is 11.0. The summed E-state index contributed by atoms with van der Waals surface area (Å²) in [7, 11) is 0. The lowest BCUT2D eigenvalue weighted by Gasteiger charge is -2.37. The highest BCUT2D eigenvalue weighted by Crippen LogP contribution is 2.29. The van der Waals surface area contributed by atoms with Crippen LogP contribution in [0.5, 0.6) is 0 Å². The van der Waals surface area contributed by atoms with E-state index in [1.54, 1.807) is 12.1 Å². The Balaban J connectivity index is 1.46. The second-order valence-electron chi connectivity index (χ2n) is 9.97. The van der Waals surface area contributed by atoms with Crippen LogP contribution in [0.2, 0.25) is 0 Å². The van der Waals surface area contributed by atoms with E-state index in [-0.39, 0.29) is 36.9 Å². The Morgan fingerprint density at radius 2 is 1.84 bits per heavy atom. The number of amides is 5.